The lowest BCUT2D eigenvalue weighted by Gasteiger charge is -2.35. The van der Waals surface area contributed by atoms with Crippen LogP contribution in [0.15, 0.2) is 29.2 Å². The van der Waals surface area contributed by atoms with Gasteiger partial charge in [0.1, 0.15) is 0 Å². The van der Waals surface area contributed by atoms with Crippen LogP contribution in [0.3, 0.4) is 0 Å². The predicted molar refractivity (Wildman–Crippen MR) is 88.2 cm³/mol. The van der Waals surface area contributed by atoms with E-state index in [2.05, 4.69) is 4.90 Å². The van der Waals surface area contributed by atoms with Gasteiger partial charge in [-0.15, -0.1) is 0 Å². The molecule has 1 aromatic rings. The molecular weight excluding hydrogens is 316 g/mol. The second kappa shape index (κ2) is 7.42. The molecule has 23 heavy (non-hydrogen) atoms. The molecule has 0 unspecified atom stereocenters. The number of nitrogens with zero attached hydrogens (tertiary/aromatic N) is 2. The van der Waals surface area contributed by atoms with Gasteiger partial charge in [-0.3, -0.25) is 9.69 Å². The number of hydrogen-bond donors (Lipinski definition) is 1. The largest absolute Gasteiger partial charge is 0.392 e. The van der Waals surface area contributed by atoms with Crippen LogP contribution in [0.2, 0.25) is 0 Å². The third kappa shape index (κ3) is 4.76. The SMILES string of the molecule is CC[C@H](O)CN1CCN(C(=O)c2cccc(S(C)(=O)=O)c2)CC1. The summed E-state index contributed by atoms with van der Waals surface area (Å²) < 4.78 is 23.2. The van der Waals surface area contributed by atoms with E-state index >= 15 is 0 Å². The topological polar surface area (TPSA) is 77.9 Å². The van der Waals surface area contributed by atoms with E-state index < -0.39 is 9.84 Å². The molecule has 6 nitrogen and oxygen atoms in total. The smallest absolute Gasteiger partial charge is 0.253 e. The van der Waals surface area contributed by atoms with Crippen molar-refractivity contribution in [1.82, 2.24) is 9.80 Å². The van der Waals surface area contributed by atoms with E-state index in [9.17, 15) is 18.3 Å². The summed E-state index contributed by atoms with van der Waals surface area (Å²) in [5.41, 5.74) is 0.398. The number of carbonyl (C=O) groups is 1. The molecule has 1 N–H and O–H groups in total. The van der Waals surface area contributed by atoms with Gasteiger partial charge in [-0.1, -0.05) is 13.0 Å². The fourth-order valence-electron chi connectivity index (χ4n) is 2.60. The van der Waals surface area contributed by atoms with Crippen molar-refractivity contribution in [2.75, 3.05) is 39.0 Å². The number of aliphatic hydroxyl groups excluding tert-OH is 1. The van der Waals surface area contributed by atoms with Gasteiger partial charge in [0.05, 0.1) is 11.0 Å². The first-order chi connectivity index (χ1) is 10.8. The number of β-amino-alcohol motifs (C(OH)–C–C–N with tert-alkyl or cyclic N) is 1. The second-order valence-corrected chi connectivity index (χ2v) is 7.97. The van der Waals surface area contributed by atoms with Crippen molar-refractivity contribution in [2.45, 2.75) is 24.3 Å². The molecule has 1 aliphatic rings. The zero-order valence-corrected chi connectivity index (χ0v) is 14.4. The Bertz CT molecular complexity index is 652. The van der Waals surface area contributed by atoms with Gasteiger partial charge in [-0.2, -0.15) is 0 Å². The van der Waals surface area contributed by atoms with Crippen molar-refractivity contribution in [3.8, 4) is 0 Å². The number of piperazine rings is 1. The fraction of sp³-hybridized carbons (Fsp3) is 0.562. The number of aliphatic hydroxyl groups is 1. The molecule has 0 bridgehead atoms. The maximum absolute atomic E-state index is 12.5. The molecule has 7 heteroatoms. The van der Waals surface area contributed by atoms with Crippen LogP contribution in [0.25, 0.3) is 0 Å². The minimum Gasteiger partial charge on any atom is -0.392 e. The molecule has 128 valence electrons. The van der Waals surface area contributed by atoms with Crippen LogP contribution in [-0.2, 0) is 9.84 Å². The maximum Gasteiger partial charge on any atom is 0.253 e. The number of sulfone groups is 1. The van der Waals surface area contributed by atoms with Gasteiger partial charge >= 0.3 is 0 Å². The summed E-state index contributed by atoms with van der Waals surface area (Å²) in [5, 5.41) is 9.69. The third-order valence-electron chi connectivity index (χ3n) is 4.11. The second-order valence-electron chi connectivity index (χ2n) is 5.95. The Kier molecular flexibility index (Phi) is 5.78. The molecule has 1 saturated heterocycles. The van der Waals surface area contributed by atoms with E-state index in [-0.39, 0.29) is 16.9 Å². The first-order valence-corrected chi connectivity index (χ1v) is 9.70. The van der Waals surface area contributed by atoms with Crippen molar-refractivity contribution < 1.29 is 18.3 Å². The maximum atomic E-state index is 12.5. The van der Waals surface area contributed by atoms with Gasteiger partial charge in [-0.25, -0.2) is 8.42 Å². The molecule has 0 aromatic heterocycles. The summed E-state index contributed by atoms with van der Waals surface area (Å²) in [6.07, 6.45) is 1.52. The number of carbonyl (C=O) groups excluding carboxylic acids is 1. The molecule has 1 fully saturated rings. The Hall–Kier alpha value is -1.44. The number of hydrogen-bond acceptors (Lipinski definition) is 5. The molecule has 0 aliphatic carbocycles. The van der Waals surface area contributed by atoms with E-state index in [1.807, 2.05) is 6.92 Å². The van der Waals surface area contributed by atoms with Crippen molar-refractivity contribution in [3.05, 3.63) is 29.8 Å². The van der Waals surface area contributed by atoms with Crippen LogP contribution in [0, 0.1) is 0 Å². The highest BCUT2D eigenvalue weighted by atomic mass is 32.2. The van der Waals surface area contributed by atoms with Crippen molar-refractivity contribution in [3.63, 3.8) is 0 Å². The summed E-state index contributed by atoms with van der Waals surface area (Å²) in [5.74, 6) is -0.147. The molecule has 0 saturated carbocycles. The highest BCUT2D eigenvalue weighted by Gasteiger charge is 2.23. The van der Waals surface area contributed by atoms with E-state index in [1.54, 1.807) is 17.0 Å². The van der Waals surface area contributed by atoms with Crippen LogP contribution in [-0.4, -0.2) is 74.3 Å². The Labute approximate surface area is 137 Å². The zero-order chi connectivity index (χ0) is 17.0. The van der Waals surface area contributed by atoms with Gasteiger partial charge in [0.15, 0.2) is 9.84 Å². The third-order valence-corrected chi connectivity index (χ3v) is 5.22. The molecular formula is C16H24N2O4S. The van der Waals surface area contributed by atoms with Crippen LogP contribution in [0.1, 0.15) is 23.7 Å². The fourth-order valence-corrected chi connectivity index (χ4v) is 3.27. The van der Waals surface area contributed by atoms with Gasteiger partial charge in [0, 0.05) is 44.5 Å². The summed E-state index contributed by atoms with van der Waals surface area (Å²) in [7, 11) is -3.32. The lowest BCUT2D eigenvalue weighted by molar-refractivity contribution is 0.0523. The monoisotopic (exact) mass is 340 g/mol. The Balaban J connectivity index is 2.00. The first kappa shape index (κ1) is 17.9. The number of rotatable bonds is 5. The molecule has 1 aromatic carbocycles. The van der Waals surface area contributed by atoms with Gasteiger partial charge in [-0.05, 0) is 24.6 Å². The molecule has 1 heterocycles. The summed E-state index contributed by atoms with van der Waals surface area (Å²) >= 11 is 0. The summed E-state index contributed by atoms with van der Waals surface area (Å²) in [4.78, 5) is 16.6. The minimum absolute atomic E-state index is 0.147. The average Bonchev–Trinajstić information content (AvgIpc) is 2.54. The normalized spacial score (nSPS) is 18.0. The van der Waals surface area contributed by atoms with Crippen LogP contribution in [0.5, 0.6) is 0 Å². The highest BCUT2D eigenvalue weighted by molar-refractivity contribution is 7.90. The Morgan fingerprint density at radius 1 is 1.26 bits per heavy atom. The average molecular weight is 340 g/mol. The molecule has 1 amide bonds. The summed E-state index contributed by atoms with van der Waals surface area (Å²) in [6, 6.07) is 6.17. The lowest BCUT2D eigenvalue weighted by Crippen LogP contribution is -2.50. The van der Waals surface area contributed by atoms with Gasteiger partial charge < -0.3 is 10.0 Å². The number of amides is 1. The molecule has 0 spiro atoms. The Morgan fingerprint density at radius 3 is 2.48 bits per heavy atom. The van der Waals surface area contributed by atoms with E-state index in [4.69, 9.17) is 0 Å². The summed E-state index contributed by atoms with van der Waals surface area (Å²) in [6.45, 7) is 5.17. The van der Waals surface area contributed by atoms with E-state index in [0.29, 0.717) is 38.3 Å². The van der Waals surface area contributed by atoms with Gasteiger partial charge in [0.2, 0.25) is 0 Å². The molecule has 2 rings (SSSR count). The van der Waals surface area contributed by atoms with E-state index in [0.717, 1.165) is 12.7 Å². The predicted octanol–water partition coefficient (Wildman–Crippen LogP) is 0.619. The molecule has 1 aliphatic heterocycles. The van der Waals surface area contributed by atoms with Crippen molar-refractivity contribution in [1.29, 1.82) is 0 Å². The van der Waals surface area contributed by atoms with Gasteiger partial charge in [0.25, 0.3) is 5.91 Å². The van der Waals surface area contributed by atoms with Crippen molar-refractivity contribution in [2.24, 2.45) is 0 Å². The molecule has 1 atom stereocenters. The highest BCUT2D eigenvalue weighted by Crippen LogP contribution is 2.14. The zero-order valence-electron chi connectivity index (χ0n) is 13.6. The Morgan fingerprint density at radius 2 is 1.91 bits per heavy atom. The lowest BCUT2D eigenvalue weighted by atomic mass is 10.1. The first-order valence-electron chi connectivity index (χ1n) is 7.81. The van der Waals surface area contributed by atoms with Crippen LogP contribution in [0.4, 0.5) is 0 Å². The van der Waals surface area contributed by atoms with E-state index in [1.165, 1.54) is 12.1 Å². The standard InChI is InChI=1S/C16H24N2O4S/c1-3-14(19)12-17-7-9-18(10-8-17)16(20)13-5-4-6-15(11-13)23(2,21)22/h4-6,11,14,19H,3,7-10,12H2,1-2H3/t14-/m0/s1. The van der Waals surface area contributed by atoms with Crippen molar-refractivity contribution >= 4 is 15.7 Å². The van der Waals surface area contributed by atoms with Crippen LogP contribution >= 0.6 is 0 Å². The minimum atomic E-state index is -3.32. The van der Waals surface area contributed by atoms with Crippen LogP contribution < -0.4 is 0 Å². The number of benzene rings is 1. The quantitative estimate of drug-likeness (QED) is 0.850. The molecule has 0 radical (unpaired) electrons.